The van der Waals surface area contributed by atoms with Crippen LogP contribution in [0.25, 0.3) is 0 Å². The van der Waals surface area contributed by atoms with Crippen molar-refractivity contribution in [3.8, 4) is 5.75 Å². The topological polar surface area (TPSA) is 75.7 Å². The molecule has 1 amide bonds. The maximum absolute atomic E-state index is 12.4. The summed E-state index contributed by atoms with van der Waals surface area (Å²) in [6.07, 6.45) is 3.78. The Morgan fingerprint density at radius 1 is 1.22 bits per heavy atom. The summed E-state index contributed by atoms with van der Waals surface area (Å²) in [6, 6.07) is 6.22. The molecule has 0 unspecified atom stereocenters. The number of ether oxygens (including phenoxy) is 1. The van der Waals surface area contributed by atoms with Crippen LogP contribution in [0.15, 0.2) is 29.2 Å². The van der Waals surface area contributed by atoms with E-state index in [-0.39, 0.29) is 17.4 Å². The molecule has 1 aliphatic rings. The molecule has 0 spiro atoms. The predicted molar refractivity (Wildman–Crippen MR) is 87.8 cm³/mol. The summed E-state index contributed by atoms with van der Waals surface area (Å²) in [5.74, 6) is 0.309. The van der Waals surface area contributed by atoms with Gasteiger partial charge in [0.05, 0.1) is 4.90 Å². The largest absolute Gasteiger partial charge is 0.484 e. The van der Waals surface area contributed by atoms with Crippen LogP contribution in [0.4, 0.5) is 0 Å². The molecule has 1 N–H and O–H groups in total. The Morgan fingerprint density at radius 2 is 1.87 bits per heavy atom. The summed E-state index contributed by atoms with van der Waals surface area (Å²) in [5, 5.41) is 2.76. The minimum Gasteiger partial charge on any atom is -0.484 e. The van der Waals surface area contributed by atoms with E-state index in [1.165, 1.54) is 16.4 Å². The predicted octanol–water partition coefficient (Wildman–Crippen LogP) is 1.77. The normalized spacial score (nSPS) is 15.5. The molecule has 0 saturated carbocycles. The first-order valence-electron chi connectivity index (χ1n) is 8.03. The maximum atomic E-state index is 12.4. The van der Waals surface area contributed by atoms with Crippen molar-refractivity contribution in [3.63, 3.8) is 0 Å². The molecule has 1 aliphatic heterocycles. The molecule has 2 rings (SSSR count). The molecule has 1 aromatic rings. The number of benzene rings is 1. The number of carbonyl (C=O) groups is 1. The number of amides is 1. The fourth-order valence-corrected chi connectivity index (χ4v) is 3.91. The van der Waals surface area contributed by atoms with Gasteiger partial charge in [-0.25, -0.2) is 8.42 Å². The first kappa shape index (κ1) is 17.7. The summed E-state index contributed by atoms with van der Waals surface area (Å²) < 4.78 is 31.6. The van der Waals surface area contributed by atoms with Crippen LogP contribution < -0.4 is 10.1 Å². The summed E-state index contributed by atoms with van der Waals surface area (Å²) in [4.78, 5) is 11.8. The van der Waals surface area contributed by atoms with E-state index in [2.05, 4.69) is 12.2 Å². The fraction of sp³-hybridized carbons (Fsp3) is 0.562. The molecule has 0 atom stereocenters. The van der Waals surface area contributed by atoms with E-state index >= 15 is 0 Å². The van der Waals surface area contributed by atoms with Crippen LogP contribution in [0.3, 0.4) is 0 Å². The number of sulfonamides is 1. The van der Waals surface area contributed by atoms with Crippen molar-refractivity contribution >= 4 is 15.9 Å². The van der Waals surface area contributed by atoms with Gasteiger partial charge in [0.1, 0.15) is 5.75 Å². The number of rotatable bonds is 8. The van der Waals surface area contributed by atoms with Gasteiger partial charge in [0, 0.05) is 19.6 Å². The highest BCUT2D eigenvalue weighted by Crippen LogP contribution is 2.22. The molecule has 0 aliphatic carbocycles. The lowest BCUT2D eigenvalue weighted by molar-refractivity contribution is -0.123. The number of hydrogen-bond donors (Lipinski definition) is 1. The lowest BCUT2D eigenvalue weighted by atomic mass is 10.3. The zero-order chi connectivity index (χ0) is 16.7. The van der Waals surface area contributed by atoms with Crippen LogP contribution in [0.1, 0.15) is 32.6 Å². The highest BCUT2D eigenvalue weighted by molar-refractivity contribution is 7.89. The van der Waals surface area contributed by atoms with Crippen LogP contribution in [0, 0.1) is 0 Å². The van der Waals surface area contributed by atoms with Gasteiger partial charge in [-0.05, 0) is 43.5 Å². The number of nitrogens with zero attached hydrogens (tertiary/aromatic N) is 1. The van der Waals surface area contributed by atoms with E-state index in [1.807, 2.05) is 0 Å². The molecule has 1 saturated heterocycles. The lowest BCUT2D eigenvalue weighted by Gasteiger charge is -2.15. The Kier molecular flexibility index (Phi) is 6.41. The van der Waals surface area contributed by atoms with Crippen molar-refractivity contribution in [1.82, 2.24) is 9.62 Å². The number of hydrogen-bond acceptors (Lipinski definition) is 4. The van der Waals surface area contributed by atoms with Crippen LogP contribution >= 0.6 is 0 Å². The zero-order valence-electron chi connectivity index (χ0n) is 13.5. The quantitative estimate of drug-likeness (QED) is 0.732. The third-order valence-electron chi connectivity index (χ3n) is 3.75. The first-order chi connectivity index (χ1) is 11.0. The molecular weight excluding hydrogens is 316 g/mol. The number of carbonyl (C=O) groups excluding carboxylic acids is 1. The van der Waals surface area contributed by atoms with Crippen LogP contribution in [-0.4, -0.2) is 44.9 Å². The van der Waals surface area contributed by atoms with Gasteiger partial charge >= 0.3 is 0 Å². The Hall–Kier alpha value is -1.60. The molecule has 0 bridgehead atoms. The Labute approximate surface area is 137 Å². The van der Waals surface area contributed by atoms with Crippen molar-refractivity contribution in [2.75, 3.05) is 26.2 Å². The molecule has 6 nitrogen and oxygen atoms in total. The monoisotopic (exact) mass is 340 g/mol. The molecule has 0 radical (unpaired) electrons. The fourth-order valence-electron chi connectivity index (χ4n) is 2.39. The van der Waals surface area contributed by atoms with Gasteiger partial charge in [-0.1, -0.05) is 13.3 Å². The Balaban J connectivity index is 1.88. The molecule has 1 fully saturated rings. The van der Waals surface area contributed by atoms with Gasteiger partial charge in [0.25, 0.3) is 5.91 Å². The third kappa shape index (κ3) is 4.94. The second-order valence-electron chi connectivity index (χ2n) is 5.57. The second kappa shape index (κ2) is 8.31. The minimum atomic E-state index is -3.40. The van der Waals surface area contributed by atoms with E-state index in [9.17, 15) is 13.2 Å². The van der Waals surface area contributed by atoms with Crippen molar-refractivity contribution in [1.29, 1.82) is 0 Å². The first-order valence-corrected chi connectivity index (χ1v) is 9.48. The SMILES string of the molecule is CCCCNC(=O)COc1ccc(S(=O)(=O)N2CCCC2)cc1. The van der Waals surface area contributed by atoms with Crippen LogP contribution in [-0.2, 0) is 14.8 Å². The second-order valence-corrected chi connectivity index (χ2v) is 7.51. The molecule has 1 aromatic carbocycles. The van der Waals surface area contributed by atoms with Gasteiger partial charge in [-0.2, -0.15) is 4.31 Å². The number of nitrogens with one attached hydrogen (secondary N) is 1. The van der Waals surface area contributed by atoms with Crippen LogP contribution in [0.2, 0.25) is 0 Å². The minimum absolute atomic E-state index is 0.0675. The van der Waals surface area contributed by atoms with Gasteiger partial charge in [0.2, 0.25) is 10.0 Å². The average Bonchev–Trinajstić information content (AvgIpc) is 3.09. The molecule has 128 valence electrons. The maximum Gasteiger partial charge on any atom is 0.257 e. The molecule has 7 heteroatoms. The molecule has 23 heavy (non-hydrogen) atoms. The van der Waals surface area contributed by atoms with Gasteiger partial charge in [-0.3, -0.25) is 4.79 Å². The van der Waals surface area contributed by atoms with E-state index in [0.29, 0.717) is 25.4 Å². The summed E-state index contributed by atoms with van der Waals surface area (Å²) >= 11 is 0. The van der Waals surface area contributed by atoms with E-state index < -0.39 is 10.0 Å². The molecule has 1 heterocycles. The standard InChI is InChI=1S/C16H24N2O4S/c1-2-3-10-17-16(19)13-22-14-6-8-15(9-7-14)23(20,21)18-11-4-5-12-18/h6-9H,2-5,10-13H2,1H3,(H,17,19). The highest BCUT2D eigenvalue weighted by Gasteiger charge is 2.26. The smallest absolute Gasteiger partial charge is 0.257 e. The van der Waals surface area contributed by atoms with Crippen LogP contribution in [0.5, 0.6) is 5.75 Å². The van der Waals surface area contributed by atoms with Crippen molar-refractivity contribution in [2.24, 2.45) is 0 Å². The molecule has 0 aromatic heterocycles. The van der Waals surface area contributed by atoms with E-state index in [4.69, 9.17) is 4.74 Å². The Morgan fingerprint density at radius 3 is 2.48 bits per heavy atom. The van der Waals surface area contributed by atoms with Gasteiger partial charge in [0.15, 0.2) is 6.61 Å². The average molecular weight is 340 g/mol. The number of unbranched alkanes of at least 4 members (excludes halogenated alkanes) is 1. The van der Waals surface area contributed by atoms with Gasteiger partial charge < -0.3 is 10.1 Å². The van der Waals surface area contributed by atoms with Gasteiger partial charge in [-0.15, -0.1) is 0 Å². The summed E-state index contributed by atoms with van der Waals surface area (Å²) in [6.45, 7) is 3.80. The highest BCUT2D eigenvalue weighted by atomic mass is 32.2. The summed E-state index contributed by atoms with van der Waals surface area (Å²) in [5.41, 5.74) is 0. The molecular formula is C16H24N2O4S. The van der Waals surface area contributed by atoms with E-state index in [0.717, 1.165) is 25.7 Å². The lowest BCUT2D eigenvalue weighted by Crippen LogP contribution is -2.29. The van der Waals surface area contributed by atoms with E-state index in [1.54, 1.807) is 12.1 Å². The third-order valence-corrected chi connectivity index (χ3v) is 5.66. The zero-order valence-corrected chi connectivity index (χ0v) is 14.3. The Bertz CT molecular complexity index is 607. The van der Waals surface area contributed by atoms with Crippen molar-refractivity contribution in [2.45, 2.75) is 37.5 Å². The summed E-state index contributed by atoms with van der Waals surface area (Å²) in [7, 11) is -3.40. The van der Waals surface area contributed by atoms with Crippen molar-refractivity contribution < 1.29 is 17.9 Å². The van der Waals surface area contributed by atoms with Crippen molar-refractivity contribution in [3.05, 3.63) is 24.3 Å².